The maximum Gasteiger partial charge on any atom is 0.267 e. The van der Waals surface area contributed by atoms with E-state index in [4.69, 9.17) is 10.5 Å². The molecule has 0 atom stereocenters. The zero-order chi connectivity index (χ0) is 18.0. The molecule has 0 aliphatic rings. The number of carbonyl (C=O) groups excluding carboxylic acids is 1. The highest BCUT2D eigenvalue weighted by Crippen LogP contribution is 2.18. The number of nitrogens with zero attached hydrogens (tertiary/aromatic N) is 3. The van der Waals surface area contributed by atoms with Crippen LogP contribution in [0.3, 0.4) is 0 Å². The van der Waals surface area contributed by atoms with Crippen LogP contribution in [0.25, 0.3) is 11.0 Å². The Morgan fingerprint density at radius 3 is 2.64 bits per heavy atom. The van der Waals surface area contributed by atoms with Gasteiger partial charge < -0.3 is 15.0 Å². The first kappa shape index (κ1) is 16.9. The van der Waals surface area contributed by atoms with Crippen molar-refractivity contribution in [3.63, 3.8) is 0 Å². The third-order valence-electron chi connectivity index (χ3n) is 3.89. The highest BCUT2D eigenvalue weighted by Gasteiger charge is 2.17. The van der Waals surface area contributed by atoms with E-state index in [1.54, 1.807) is 10.8 Å². The predicted molar refractivity (Wildman–Crippen MR) is 95.6 cm³/mol. The minimum Gasteiger partial charge on any atom is -0.369 e. The molecule has 0 saturated carbocycles. The fraction of sp³-hybridized carbons (Fsp3) is 0.278. The summed E-state index contributed by atoms with van der Waals surface area (Å²) in [6.07, 6.45) is 2.23. The number of hydrogen-bond acceptors (Lipinski definition) is 5. The summed E-state index contributed by atoms with van der Waals surface area (Å²) in [7, 11) is 0. The molecule has 7 heteroatoms. The monoisotopic (exact) mass is 340 g/mol. The SMILES string of the molecule is CC(C)OCn1c(N)nc2c(c(C=O)cn2Cc2ccccc2)c1=O. The molecule has 2 aromatic heterocycles. The minimum absolute atomic E-state index is 0.00651. The number of anilines is 1. The molecule has 3 rings (SSSR count). The van der Waals surface area contributed by atoms with E-state index in [9.17, 15) is 9.59 Å². The van der Waals surface area contributed by atoms with E-state index in [0.29, 0.717) is 24.0 Å². The van der Waals surface area contributed by atoms with Crippen LogP contribution in [-0.4, -0.2) is 26.5 Å². The lowest BCUT2D eigenvalue weighted by molar-refractivity contribution is 0.0279. The van der Waals surface area contributed by atoms with Crippen molar-refractivity contribution in [1.29, 1.82) is 0 Å². The van der Waals surface area contributed by atoms with E-state index >= 15 is 0 Å². The molecule has 25 heavy (non-hydrogen) atoms. The standard InChI is InChI=1S/C18H20N4O3/c1-12(2)25-11-22-17(24)15-14(10-23)9-21(16(15)20-18(22)19)8-13-6-4-3-5-7-13/h3-7,9-10,12H,8,11H2,1-2H3,(H2,19,20). The van der Waals surface area contributed by atoms with Crippen molar-refractivity contribution < 1.29 is 9.53 Å². The second-order valence-electron chi connectivity index (χ2n) is 6.06. The van der Waals surface area contributed by atoms with Crippen molar-refractivity contribution in [3.05, 3.63) is 58.0 Å². The van der Waals surface area contributed by atoms with Gasteiger partial charge in [0.1, 0.15) is 6.73 Å². The van der Waals surface area contributed by atoms with Crippen LogP contribution in [0.1, 0.15) is 29.8 Å². The zero-order valence-corrected chi connectivity index (χ0v) is 14.2. The van der Waals surface area contributed by atoms with Gasteiger partial charge in [-0.15, -0.1) is 0 Å². The van der Waals surface area contributed by atoms with E-state index in [2.05, 4.69) is 4.98 Å². The van der Waals surface area contributed by atoms with E-state index in [0.717, 1.165) is 5.56 Å². The van der Waals surface area contributed by atoms with Crippen LogP contribution in [-0.2, 0) is 18.0 Å². The number of benzene rings is 1. The lowest BCUT2D eigenvalue weighted by Gasteiger charge is -2.12. The summed E-state index contributed by atoms with van der Waals surface area (Å²) in [6, 6.07) is 9.72. The van der Waals surface area contributed by atoms with Crippen molar-refractivity contribution >= 4 is 23.3 Å². The van der Waals surface area contributed by atoms with Gasteiger partial charge in [-0.3, -0.25) is 14.2 Å². The Bertz CT molecular complexity index is 958. The lowest BCUT2D eigenvalue weighted by atomic mass is 10.2. The summed E-state index contributed by atoms with van der Waals surface area (Å²) in [5.74, 6) is 0.0583. The maximum atomic E-state index is 12.8. The molecule has 2 N–H and O–H groups in total. The fourth-order valence-electron chi connectivity index (χ4n) is 2.65. The molecule has 0 radical (unpaired) electrons. The van der Waals surface area contributed by atoms with Gasteiger partial charge in [0.05, 0.1) is 11.5 Å². The van der Waals surface area contributed by atoms with Crippen LogP contribution in [0.2, 0.25) is 0 Å². The van der Waals surface area contributed by atoms with Crippen LogP contribution in [0.5, 0.6) is 0 Å². The Labute approximate surface area is 144 Å². The third-order valence-corrected chi connectivity index (χ3v) is 3.89. The number of aromatic nitrogens is 3. The Hall–Kier alpha value is -2.93. The number of rotatable bonds is 6. The molecule has 7 nitrogen and oxygen atoms in total. The van der Waals surface area contributed by atoms with Gasteiger partial charge in [-0.25, -0.2) is 0 Å². The van der Waals surface area contributed by atoms with Gasteiger partial charge in [-0.05, 0) is 19.4 Å². The Morgan fingerprint density at radius 2 is 2.00 bits per heavy atom. The summed E-state index contributed by atoms with van der Waals surface area (Å²) in [5, 5.41) is 0.257. The first-order chi connectivity index (χ1) is 12.0. The lowest BCUT2D eigenvalue weighted by Crippen LogP contribution is -2.27. The predicted octanol–water partition coefficient (Wildman–Crippen LogP) is 2.02. The summed E-state index contributed by atoms with van der Waals surface area (Å²) in [4.78, 5) is 28.6. The van der Waals surface area contributed by atoms with Gasteiger partial charge in [0.25, 0.3) is 5.56 Å². The van der Waals surface area contributed by atoms with Crippen molar-refractivity contribution in [2.45, 2.75) is 33.2 Å². The topological polar surface area (TPSA) is 92.1 Å². The smallest absolute Gasteiger partial charge is 0.267 e. The first-order valence-electron chi connectivity index (χ1n) is 8.01. The van der Waals surface area contributed by atoms with Crippen molar-refractivity contribution in [1.82, 2.24) is 14.1 Å². The zero-order valence-electron chi connectivity index (χ0n) is 14.2. The minimum atomic E-state index is -0.378. The number of hydrogen-bond donors (Lipinski definition) is 1. The first-order valence-corrected chi connectivity index (χ1v) is 8.01. The quantitative estimate of drug-likeness (QED) is 0.693. The Kier molecular flexibility index (Phi) is 4.67. The molecule has 2 heterocycles. The van der Waals surface area contributed by atoms with Gasteiger partial charge >= 0.3 is 0 Å². The number of ether oxygens (including phenoxy) is 1. The molecule has 0 bridgehead atoms. The largest absolute Gasteiger partial charge is 0.369 e. The molecule has 0 amide bonds. The summed E-state index contributed by atoms with van der Waals surface area (Å²) < 4.78 is 8.46. The Morgan fingerprint density at radius 1 is 1.28 bits per heavy atom. The van der Waals surface area contributed by atoms with Crippen LogP contribution in [0.4, 0.5) is 5.95 Å². The van der Waals surface area contributed by atoms with Gasteiger partial charge in [-0.2, -0.15) is 4.98 Å². The molecule has 0 spiro atoms. The second kappa shape index (κ2) is 6.90. The second-order valence-corrected chi connectivity index (χ2v) is 6.06. The summed E-state index contributed by atoms with van der Waals surface area (Å²) in [5.41, 5.74) is 7.30. The number of carbonyl (C=O) groups is 1. The molecule has 0 unspecified atom stereocenters. The van der Waals surface area contributed by atoms with E-state index in [1.165, 1.54) is 4.57 Å². The fourth-order valence-corrected chi connectivity index (χ4v) is 2.65. The molecule has 0 saturated heterocycles. The van der Waals surface area contributed by atoms with Gasteiger partial charge in [0, 0.05) is 18.3 Å². The van der Waals surface area contributed by atoms with Crippen molar-refractivity contribution in [3.8, 4) is 0 Å². The number of fused-ring (bicyclic) bond motifs is 1. The molecule has 130 valence electrons. The van der Waals surface area contributed by atoms with E-state index in [1.807, 2.05) is 44.2 Å². The van der Waals surface area contributed by atoms with E-state index < -0.39 is 0 Å². The average molecular weight is 340 g/mol. The van der Waals surface area contributed by atoms with Crippen LogP contribution in [0, 0.1) is 0 Å². The number of nitrogen functional groups attached to an aromatic ring is 1. The molecular weight excluding hydrogens is 320 g/mol. The van der Waals surface area contributed by atoms with Crippen molar-refractivity contribution in [2.75, 3.05) is 5.73 Å². The van der Waals surface area contributed by atoms with Crippen LogP contribution in [0.15, 0.2) is 41.3 Å². The Balaban J connectivity index is 2.12. The molecule has 3 aromatic rings. The van der Waals surface area contributed by atoms with Crippen molar-refractivity contribution in [2.24, 2.45) is 0 Å². The maximum absolute atomic E-state index is 12.8. The molecule has 0 fully saturated rings. The molecule has 1 aromatic carbocycles. The summed E-state index contributed by atoms with van der Waals surface area (Å²) >= 11 is 0. The van der Waals surface area contributed by atoms with Crippen LogP contribution >= 0.6 is 0 Å². The average Bonchev–Trinajstić information content (AvgIpc) is 2.93. The normalized spacial score (nSPS) is 11.3. The highest BCUT2D eigenvalue weighted by molar-refractivity contribution is 5.95. The molecular formula is C18H20N4O3. The molecule has 0 aliphatic carbocycles. The third kappa shape index (κ3) is 3.32. The summed E-state index contributed by atoms with van der Waals surface area (Å²) in [6.45, 7) is 4.21. The van der Waals surface area contributed by atoms with Gasteiger partial charge in [-0.1, -0.05) is 30.3 Å². The van der Waals surface area contributed by atoms with Crippen LogP contribution < -0.4 is 11.3 Å². The number of nitrogens with two attached hydrogens (primary N) is 1. The molecule has 0 aliphatic heterocycles. The van der Waals surface area contributed by atoms with E-state index in [-0.39, 0.29) is 29.7 Å². The number of aldehydes is 1. The van der Waals surface area contributed by atoms with Gasteiger partial charge in [0.15, 0.2) is 11.9 Å². The van der Waals surface area contributed by atoms with Gasteiger partial charge in [0.2, 0.25) is 5.95 Å². The highest BCUT2D eigenvalue weighted by atomic mass is 16.5.